The molecule has 0 aromatic heterocycles. The van der Waals surface area contributed by atoms with Gasteiger partial charge in [0.1, 0.15) is 6.04 Å². The Labute approximate surface area is 190 Å². The van der Waals surface area contributed by atoms with Crippen molar-refractivity contribution in [2.24, 2.45) is 0 Å². The number of benzene rings is 1. The number of carbonyl (C=O) groups is 4. The molecular weight excluding hydrogens is 456 g/mol. The molecule has 1 aromatic rings. The average Bonchev–Trinajstić information content (AvgIpc) is 2.77. The first kappa shape index (κ1) is 24.5. The van der Waals surface area contributed by atoms with Gasteiger partial charge in [0.15, 0.2) is 15.9 Å². The molecular formula is C20H26N4O8S. The number of rotatable bonds is 8. The van der Waals surface area contributed by atoms with Crippen LogP contribution in [-0.4, -0.2) is 87.5 Å². The minimum atomic E-state index is -3.83. The van der Waals surface area contributed by atoms with E-state index in [1.807, 2.05) is 0 Å². The van der Waals surface area contributed by atoms with Crippen LogP contribution in [-0.2, 0) is 39.4 Å². The smallest absolute Gasteiger partial charge is 0.318 e. The predicted octanol–water partition coefficient (Wildman–Crippen LogP) is -1.48. The molecule has 0 saturated carbocycles. The Bertz CT molecular complexity index is 995. The summed E-state index contributed by atoms with van der Waals surface area (Å²) in [5.74, 6) is -3.16. The van der Waals surface area contributed by atoms with Crippen molar-refractivity contribution in [2.75, 3.05) is 32.1 Å². The third kappa shape index (κ3) is 6.89. The Morgan fingerprint density at radius 3 is 2.48 bits per heavy atom. The van der Waals surface area contributed by atoms with Crippen molar-refractivity contribution in [3.8, 4) is 0 Å². The summed E-state index contributed by atoms with van der Waals surface area (Å²) >= 11 is 0. The molecule has 3 atom stereocenters. The van der Waals surface area contributed by atoms with Gasteiger partial charge in [-0.2, -0.15) is 0 Å². The van der Waals surface area contributed by atoms with E-state index in [9.17, 15) is 27.6 Å². The summed E-state index contributed by atoms with van der Waals surface area (Å²) in [6.07, 6.45) is -1.07. The number of β-lactam (4-membered cyclic amide) rings is 1. The molecule has 180 valence electrons. The highest BCUT2D eigenvalue weighted by atomic mass is 32.2. The molecule has 3 rings (SSSR count). The molecule has 0 bridgehead atoms. The average molecular weight is 483 g/mol. The molecule has 2 heterocycles. The van der Waals surface area contributed by atoms with Crippen molar-refractivity contribution in [1.29, 1.82) is 0 Å². The summed E-state index contributed by atoms with van der Waals surface area (Å²) < 4.78 is 35.7. The second-order valence-corrected chi connectivity index (χ2v) is 9.78. The maximum absolute atomic E-state index is 12.9. The fourth-order valence-corrected chi connectivity index (χ4v) is 4.92. The normalized spacial score (nSPS) is 21.2. The standard InChI is InChI=1S/C20H26N4O8S/c1-13(25)32-19-16(18(27)23-19)22-17(26)15(21-20(28)24-7-9-31-10-8-24)12-33(29,30)11-14-5-3-2-4-6-14/h2-6,15-16,19H,7-12H2,1H3,(H,21,28)(H,22,26)(H,23,27)/t15-,16+,19-/m0/s1. The highest BCUT2D eigenvalue weighted by Gasteiger charge is 2.44. The molecule has 12 nitrogen and oxygen atoms in total. The molecule has 2 fully saturated rings. The van der Waals surface area contributed by atoms with Crippen LogP contribution in [0.25, 0.3) is 0 Å². The number of sulfone groups is 1. The number of urea groups is 1. The number of nitrogens with zero attached hydrogens (tertiary/aromatic N) is 1. The van der Waals surface area contributed by atoms with E-state index in [1.165, 1.54) is 4.90 Å². The first-order chi connectivity index (χ1) is 15.6. The van der Waals surface area contributed by atoms with Gasteiger partial charge in [0.25, 0.3) is 5.91 Å². The summed E-state index contributed by atoms with van der Waals surface area (Å²) in [5.41, 5.74) is 0.532. The van der Waals surface area contributed by atoms with Gasteiger partial charge in [-0.25, -0.2) is 13.2 Å². The lowest BCUT2D eigenvalue weighted by molar-refractivity contribution is -0.164. The number of esters is 1. The lowest BCUT2D eigenvalue weighted by atomic mass is 10.1. The van der Waals surface area contributed by atoms with Gasteiger partial charge < -0.3 is 30.3 Å². The quantitative estimate of drug-likeness (QED) is 0.299. The van der Waals surface area contributed by atoms with E-state index in [1.54, 1.807) is 30.3 Å². The number of hydrogen-bond acceptors (Lipinski definition) is 8. The van der Waals surface area contributed by atoms with E-state index in [2.05, 4.69) is 16.0 Å². The predicted molar refractivity (Wildman–Crippen MR) is 114 cm³/mol. The molecule has 2 aliphatic rings. The summed E-state index contributed by atoms with van der Waals surface area (Å²) in [4.78, 5) is 50.0. The molecule has 4 amide bonds. The molecule has 0 unspecified atom stereocenters. The summed E-state index contributed by atoms with van der Waals surface area (Å²) in [6, 6.07) is 5.13. The van der Waals surface area contributed by atoms with Gasteiger partial charge in [0.05, 0.1) is 24.7 Å². The van der Waals surface area contributed by atoms with Crippen LogP contribution < -0.4 is 16.0 Å². The van der Waals surface area contributed by atoms with Crippen LogP contribution in [0.1, 0.15) is 12.5 Å². The lowest BCUT2D eigenvalue weighted by Crippen LogP contribution is -2.72. The molecule has 0 aliphatic carbocycles. The van der Waals surface area contributed by atoms with Crippen molar-refractivity contribution < 1.29 is 37.1 Å². The van der Waals surface area contributed by atoms with E-state index in [4.69, 9.17) is 9.47 Å². The van der Waals surface area contributed by atoms with Crippen LogP contribution >= 0.6 is 0 Å². The number of carbonyl (C=O) groups excluding carboxylic acids is 4. The van der Waals surface area contributed by atoms with E-state index >= 15 is 0 Å². The van der Waals surface area contributed by atoms with Gasteiger partial charge in [0.2, 0.25) is 12.1 Å². The molecule has 1 aromatic carbocycles. The molecule has 0 radical (unpaired) electrons. The Kier molecular flexibility index (Phi) is 7.87. The first-order valence-electron chi connectivity index (χ1n) is 10.3. The van der Waals surface area contributed by atoms with Crippen LogP contribution in [0.3, 0.4) is 0 Å². The molecule has 2 saturated heterocycles. The zero-order valence-corrected chi connectivity index (χ0v) is 18.8. The van der Waals surface area contributed by atoms with Crippen LogP contribution in [0.4, 0.5) is 4.79 Å². The number of ether oxygens (including phenoxy) is 2. The summed E-state index contributed by atoms with van der Waals surface area (Å²) in [6.45, 7) is 2.36. The number of amides is 4. The van der Waals surface area contributed by atoms with E-state index in [-0.39, 0.29) is 18.8 Å². The van der Waals surface area contributed by atoms with Gasteiger partial charge in [-0.1, -0.05) is 30.3 Å². The topological polar surface area (TPSA) is 160 Å². The van der Waals surface area contributed by atoms with Gasteiger partial charge in [-0.3, -0.25) is 14.4 Å². The second-order valence-electron chi connectivity index (χ2n) is 7.67. The minimum Gasteiger partial charge on any atom is -0.439 e. The zero-order chi connectivity index (χ0) is 24.0. The fourth-order valence-electron chi connectivity index (χ4n) is 3.36. The zero-order valence-electron chi connectivity index (χ0n) is 18.0. The SMILES string of the molecule is CC(=O)O[C@@H]1NC(=O)[C@H]1NC(=O)[C@H](CS(=O)(=O)Cc1ccccc1)NC(=O)N1CCOCC1. The van der Waals surface area contributed by atoms with Gasteiger partial charge in [-0.05, 0) is 5.56 Å². The Hall–Kier alpha value is -3.19. The minimum absolute atomic E-state index is 0.288. The van der Waals surface area contributed by atoms with Crippen LogP contribution in [0, 0.1) is 0 Å². The third-order valence-electron chi connectivity index (χ3n) is 5.02. The maximum Gasteiger partial charge on any atom is 0.318 e. The van der Waals surface area contributed by atoms with Crippen LogP contribution in [0.2, 0.25) is 0 Å². The van der Waals surface area contributed by atoms with Crippen molar-refractivity contribution in [1.82, 2.24) is 20.9 Å². The monoisotopic (exact) mass is 482 g/mol. The van der Waals surface area contributed by atoms with Crippen molar-refractivity contribution >= 4 is 33.7 Å². The first-order valence-corrected chi connectivity index (χ1v) is 12.1. The molecule has 3 N–H and O–H groups in total. The Morgan fingerprint density at radius 2 is 1.88 bits per heavy atom. The third-order valence-corrected chi connectivity index (χ3v) is 6.64. The number of morpholine rings is 1. The summed E-state index contributed by atoms with van der Waals surface area (Å²) in [7, 11) is -3.83. The van der Waals surface area contributed by atoms with E-state index < -0.39 is 57.7 Å². The highest BCUT2D eigenvalue weighted by molar-refractivity contribution is 7.90. The fraction of sp³-hybridized carbons (Fsp3) is 0.500. The second kappa shape index (κ2) is 10.6. The van der Waals surface area contributed by atoms with Gasteiger partial charge >= 0.3 is 12.0 Å². The molecule has 13 heteroatoms. The van der Waals surface area contributed by atoms with Gasteiger partial charge in [0, 0.05) is 20.0 Å². The number of nitrogens with one attached hydrogen (secondary N) is 3. The Morgan fingerprint density at radius 1 is 1.21 bits per heavy atom. The molecule has 2 aliphatic heterocycles. The van der Waals surface area contributed by atoms with Gasteiger partial charge in [-0.15, -0.1) is 0 Å². The molecule has 33 heavy (non-hydrogen) atoms. The van der Waals surface area contributed by atoms with Crippen molar-refractivity contribution in [3.05, 3.63) is 35.9 Å². The van der Waals surface area contributed by atoms with E-state index in [0.717, 1.165) is 6.92 Å². The van der Waals surface area contributed by atoms with Crippen molar-refractivity contribution in [2.45, 2.75) is 31.0 Å². The lowest BCUT2D eigenvalue weighted by Gasteiger charge is -2.36. The maximum atomic E-state index is 12.9. The largest absolute Gasteiger partial charge is 0.439 e. The van der Waals surface area contributed by atoms with E-state index in [0.29, 0.717) is 18.8 Å². The molecule has 0 spiro atoms. The Balaban J connectivity index is 1.72. The van der Waals surface area contributed by atoms with Crippen LogP contribution in [0.15, 0.2) is 30.3 Å². The van der Waals surface area contributed by atoms with Crippen LogP contribution in [0.5, 0.6) is 0 Å². The highest BCUT2D eigenvalue weighted by Crippen LogP contribution is 2.11. The number of hydrogen-bond donors (Lipinski definition) is 3. The summed E-state index contributed by atoms with van der Waals surface area (Å²) in [5, 5.41) is 7.14. The van der Waals surface area contributed by atoms with Crippen molar-refractivity contribution in [3.63, 3.8) is 0 Å².